The Bertz CT molecular complexity index is 434. The molecule has 0 fully saturated rings. The molecule has 0 aliphatic heterocycles. The number of amides is 1. The van der Waals surface area contributed by atoms with E-state index in [0.29, 0.717) is 24.5 Å². The molecule has 0 aliphatic carbocycles. The zero-order valence-electron chi connectivity index (χ0n) is 10.2. The number of hydrogen-bond acceptors (Lipinski definition) is 2. The van der Waals surface area contributed by atoms with Gasteiger partial charge in [-0.05, 0) is 24.1 Å². The number of carbonyl (C=O) groups excluding carboxylic acids is 1. The van der Waals surface area contributed by atoms with E-state index >= 15 is 0 Å². The van der Waals surface area contributed by atoms with Crippen molar-refractivity contribution in [1.82, 2.24) is 4.90 Å². The largest absolute Gasteiger partial charge is 0.481 e. The van der Waals surface area contributed by atoms with Gasteiger partial charge in [-0.1, -0.05) is 23.7 Å². The molecule has 98 valence electrons. The smallest absolute Gasteiger partial charge is 0.303 e. The van der Waals surface area contributed by atoms with E-state index in [2.05, 4.69) is 0 Å². The molecule has 0 atom stereocenters. The Hall–Kier alpha value is -1.55. The number of aliphatic carboxylic acids is 1. The third-order valence-electron chi connectivity index (χ3n) is 2.53. The van der Waals surface area contributed by atoms with Crippen LogP contribution in [-0.2, 0) is 16.1 Å². The fourth-order valence-corrected chi connectivity index (χ4v) is 1.84. The van der Waals surface area contributed by atoms with Gasteiger partial charge in [0, 0.05) is 31.5 Å². The molecule has 0 aromatic heterocycles. The third kappa shape index (κ3) is 5.19. The number of carbonyl (C=O) groups is 2. The highest BCUT2D eigenvalue weighted by atomic mass is 35.5. The Balaban J connectivity index is 2.57. The van der Waals surface area contributed by atoms with Gasteiger partial charge in [0.05, 0.1) is 0 Å². The summed E-state index contributed by atoms with van der Waals surface area (Å²) in [7, 11) is 0. The summed E-state index contributed by atoms with van der Waals surface area (Å²) >= 11 is 5.87. The van der Waals surface area contributed by atoms with Crippen LogP contribution in [0.2, 0.25) is 5.02 Å². The topological polar surface area (TPSA) is 57.6 Å². The minimum Gasteiger partial charge on any atom is -0.481 e. The van der Waals surface area contributed by atoms with Crippen LogP contribution in [0, 0.1) is 0 Å². The van der Waals surface area contributed by atoms with Crippen LogP contribution in [0.1, 0.15) is 25.3 Å². The van der Waals surface area contributed by atoms with Crippen molar-refractivity contribution in [2.75, 3.05) is 6.54 Å². The van der Waals surface area contributed by atoms with Gasteiger partial charge < -0.3 is 10.0 Å². The maximum Gasteiger partial charge on any atom is 0.303 e. The maximum absolute atomic E-state index is 11.5. The molecule has 0 saturated heterocycles. The van der Waals surface area contributed by atoms with Crippen molar-refractivity contribution in [3.63, 3.8) is 0 Å². The Kier molecular flexibility index (Phi) is 5.65. The number of hydrogen-bond donors (Lipinski definition) is 1. The van der Waals surface area contributed by atoms with Gasteiger partial charge in [0.25, 0.3) is 0 Å². The molecule has 0 radical (unpaired) electrons. The first-order chi connectivity index (χ1) is 8.49. The number of benzene rings is 1. The number of halogens is 1. The first-order valence-corrected chi connectivity index (χ1v) is 6.08. The van der Waals surface area contributed by atoms with Crippen molar-refractivity contribution in [2.45, 2.75) is 26.3 Å². The lowest BCUT2D eigenvalue weighted by Crippen LogP contribution is -2.29. The fraction of sp³-hybridized carbons (Fsp3) is 0.385. The normalized spacial score (nSPS) is 10.1. The molecule has 0 unspecified atom stereocenters. The SMILES string of the molecule is CC(=O)N(CCCC(=O)O)Cc1cccc(Cl)c1. The molecule has 0 aliphatic rings. The molecule has 18 heavy (non-hydrogen) atoms. The fourth-order valence-electron chi connectivity index (χ4n) is 1.62. The number of nitrogens with zero attached hydrogens (tertiary/aromatic N) is 1. The van der Waals surface area contributed by atoms with Gasteiger partial charge in [0.2, 0.25) is 5.91 Å². The third-order valence-corrected chi connectivity index (χ3v) is 2.76. The van der Waals surface area contributed by atoms with Crippen LogP contribution in [0.4, 0.5) is 0 Å². The van der Waals surface area contributed by atoms with Gasteiger partial charge in [0.15, 0.2) is 0 Å². The molecule has 1 aromatic carbocycles. The van der Waals surface area contributed by atoms with Crippen molar-refractivity contribution in [3.05, 3.63) is 34.9 Å². The average molecular weight is 270 g/mol. The van der Waals surface area contributed by atoms with E-state index in [0.717, 1.165) is 5.56 Å². The van der Waals surface area contributed by atoms with Crippen molar-refractivity contribution in [3.8, 4) is 0 Å². The maximum atomic E-state index is 11.5. The molecular weight excluding hydrogens is 254 g/mol. The van der Waals surface area contributed by atoms with Crippen LogP contribution in [0.15, 0.2) is 24.3 Å². The second-order valence-corrected chi connectivity index (χ2v) is 4.50. The first kappa shape index (κ1) is 14.5. The molecule has 1 aromatic rings. The second kappa shape index (κ2) is 7.01. The summed E-state index contributed by atoms with van der Waals surface area (Å²) < 4.78 is 0. The highest BCUT2D eigenvalue weighted by Crippen LogP contribution is 2.13. The van der Waals surface area contributed by atoms with Crippen molar-refractivity contribution in [2.24, 2.45) is 0 Å². The highest BCUT2D eigenvalue weighted by Gasteiger charge is 2.10. The van der Waals surface area contributed by atoms with E-state index < -0.39 is 5.97 Å². The molecule has 0 bridgehead atoms. The molecule has 4 nitrogen and oxygen atoms in total. The predicted octanol–water partition coefficient (Wildman–Crippen LogP) is 2.55. The van der Waals surface area contributed by atoms with Crippen LogP contribution >= 0.6 is 11.6 Å². The van der Waals surface area contributed by atoms with Gasteiger partial charge in [-0.15, -0.1) is 0 Å². The van der Waals surface area contributed by atoms with Gasteiger partial charge in [-0.2, -0.15) is 0 Å². The van der Waals surface area contributed by atoms with Gasteiger partial charge in [-0.3, -0.25) is 9.59 Å². The molecule has 0 saturated carbocycles. The monoisotopic (exact) mass is 269 g/mol. The van der Waals surface area contributed by atoms with Crippen LogP contribution in [0.25, 0.3) is 0 Å². The first-order valence-electron chi connectivity index (χ1n) is 5.71. The molecule has 5 heteroatoms. The minimum atomic E-state index is -0.846. The molecule has 1 amide bonds. The summed E-state index contributed by atoms with van der Waals surface area (Å²) in [6.07, 6.45) is 0.523. The van der Waals surface area contributed by atoms with Crippen LogP contribution < -0.4 is 0 Å². The van der Waals surface area contributed by atoms with E-state index in [1.54, 1.807) is 17.0 Å². The number of rotatable bonds is 6. The lowest BCUT2D eigenvalue weighted by molar-refractivity contribution is -0.138. The lowest BCUT2D eigenvalue weighted by Gasteiger charge is -2.20. The summed E-state index contributed by atoms with van der Waals surface area (Å²) in [4.78, 5) is 23.5. The summed E-state index contributed by atoms with van der Waals surface area (Å²) in [6.45, 7) is 2.37. The van der Waals surface area contributed by atoms with Crippen LogP contribution in [-0.4, -0.2) is 28.4 Å². The summed E-state index contributed by atoms with van der Waals surface area (Å²) in [5.74, 6) is -0.915. The Morgan fingerprint density at radius 1 is 1.39 bits per heavy atom. The number of carboxylic acids is 1. The molecule has 1 rings (SSSR count). The van der Waals surface area contributed by atoms with Crippen LogP contribution in [0.5, 0.6) is 0 Å². The van der Waals surface area contributed by atoms with Crippen molar-refractivity contribution in [1.29, 1.82) is 0 Å². The molecular formula is C13H16ClNO3. The summed E-state index contributed by atoms with van der Waals surface area (Å²) in [5, 5.41) is 9.20. The predicted molar refractivity (Wildman–Crippen MR) is 69.4 cm³/mol. The number of carboxylic acid groups (broad SMARTS) is 1. The lowest BCUT2D eigenvalue weighted by atomic mass is 10.2. The molecule has 1 N–H and O–H groups in total. The van der Waals surface area contributed by atoms with E-state index in [-0.39, 0.29) is 12.3 Å². The Morgan fingerprint density at radius 3 is 2.67 bits per heavy atom. The van der Waals surface area contributed by atoms with Crippen LogP contribution in [0.3, 0.4) is 0 Å². The average Bonchev–Trinajstić information content (AvgIpc) is 2.27. The van der Waals surface area contributed by atoms with Gasteiger partial charge >= 0.3 is 5.97 Å². The Morgan fingerprint density at radius 2 is 2.11 bits per heavy atom. The van der Waals surface area contributed by atoms with E-state index in [9.17, 15) is 9.59 Å². The van der Waals surface area contributed by atoms with E-state index in [4.69, 9.17) is 16.7 Å². The van der Waals surface area contributed by atoms with Crippen molar-refractivity contribution < 1.29 is 14.7 Å². The summed E-state index contributed by atoms with van der Waals surface area (Å²) in [5.41, 5.74) is 0.938. The zero-order chi connectivity index (χ0) is 13.5. The van der Waals surface area contributed by atoms with Gasteiger partial charge in [-0.25, -0.2) is 0 Å². The molecule has 0 spiro atoms. The highest BCUT2D eigenvalue weighted by molar-refractivity contribution is 6.30. The van der Waals surface area contributed by atoms with E-state index in [1.165, 1.54) is 6.92 Å². The summed E-state index contributed by atoms with van der Waals surface area (Å²) in [6, 6.07) is 7.29. The quantitative estimate of drug-likeness (QED) is 0.863. The van der Waals surface area contributed by atoms with E-state index in [1.807, 2.05) is 12.1 Å². The van der Waals surface area contributed by atoms with Crippen molar-refractivity contribution >= 4 is 23.5 Å². The standard InChI is InChI=1S/C13H16ClNO3/c1-10(16)15(7-3-6-13(17)18)9-11-4-2-5-12(14)8-11/h2,4-5,8H,3,6-7,9H2,1H3,(H,17,18). The Labute approximate surface area is 111 Å². The zero-order valence-corrected chi connectivity index (χ0v) is 11.0. The second-order valence-electron chi connectivity index (χ2n) is 4.07. The minimum absolute atomic E-state index is 0.0688. The van der Waals surface area contributed by atoms with Gasteiger partial charge in [0.1, 0.15) is 0 Å². The molecule has 0 heterocycles.